The molecular weight excluding hydrogens is 402 g/mol. The van der Waals surface area contributed by atoms with Gasteiger partial charge in [-0.25, -0.2) is 13.8 Å². The third-order valence-electron chi connectivity index (χ3n) is 5.77. The van der Waals surface area contributed by atoms with Crippen molar-refractivity contribution in [1.82, 2.24) is 10.3 Å². The van der Waals surface area contributed by atoms with E-state index in [2.05, 4.69) is 10.3 Å². The van der Waals surface area contributed by atoms with Gasteiger partial charge in [0.05, 0.1) is 11.8 Å². The molecule has 1 aliphatic rings. The molecule has 2 aromatic carbocycles. The molecule has 1 aromatic heterocycles. The minimum atomic E-state index is -0.387. The molecule has 0 spiro atoms. The fourth-order valence-corrected chi connectivity index (χ4v) is 3.94. The molecule has 1 amide bonds. The highest BCUT2D eigenvalue weighted by atomic mass is 19.1. The molecule has 4 rings (SSSR count). The summed E-state index contributed by atoms with van der Waals surface area (Å²) < 4.78 is 38.8. The molecule has 0 bridgehead atoms. The fraction of sp³-hybridized carbons (Fsp3) is 0.333. The molecule has 1 saturated heterocycles. The van der Waals surface area contributed by atoms with Crippen LogP contribution in [0.5, 0.6) is 0 Å². The van der Waals surface area contributed by atoms with E-state index < -0.39 is 0 Å². The summed E-state index contributed by atoms with van der Waals surface area (Å²) in [6.45, 7) is 1.55. The van der Waals surface area contributed by atoms with Gasteiger partial charge in [-0.3, -0.25) is 4.79 Å². The lowest BCUT2D eigenvalue weighted by atomic mass is 9.74. The van der Waals surface area contributed by atoms with Gasteiger partial charge < -0.3 is 14.5 Å². The number of aryl methyl sites for hydroxylation is 1. The van der Waals surface area contributed by atoms with E-state index in [1.807, 2.05) is 6.07 Å². The molecule has 1 N–H and O–H groups in total. The van der Waals surface area contributed by atoms with E-state index in [1.165, 1.54) is 24.4 Å². The fourth-order valence-electron chi connectivity index (χ4n) is 3.94. The largest absolute Gasteiger partial charge is 0.441 e. The summed E-state index contributed by atoms with van der Waals surface area (Å²) in [7, 11) is 0. The van der Waals surface area contributed by atoms with Gasteiger partial charge in [0.15, 0.2) is 11.7 Å². The van der Waals surface area contributed by atoms with Crippen LogP contribution in [0, 0.1) is 11.6 Å². The average Bonchev–Trinajstić information content (AvgIpc) is 3.26. The van der Waals surface area contributed by atoms with Crippen LogP contribution >= 0.6 is 0 Å². The monoisotopic (exact) mass is 426 g/mol. The quantitative estimate of drug-likeness (QED) is 0.608. The summed E-state index contributed by atoms with van der Waals surface area (Å²) in [4.78, 5) is 16.6. The Bertz CT molecular complexity index is 1040. The van der Waals surface area contributed by atoms with Crippen molar-refractivity contribution in [1.29, 1.82) is 0 Å². The Morgan fingerprint density at radius 1 is 1.10 bits per heavy atom. The van der Waals surface area contributed by atoms with E-state index in [0.717, 1.165) is 5.56 Å². The van der Waals surface area contributed by atoms with Crippen LogP contribution in [0.1, 0.15) is 30.7 Å². The molecular formula is C24H24F2N2O3. The maximum absolute atomic E-state index is 13.9. The van der Waals surface area contributed by atoms with Crippen molar-refractivity contribution in [2.45, 2.75) is 31.1 Å². The Hall–Kier alpha value is -3.06. The topological polar surface area (TPSA) is 64.4 Å². The molecule has 0 atom stereocenters. The van der Waals surface area contributed by atoms with Crippen molar-refractivity contribution >= 4 is 5.91 Å². The molecule has 0 saturated carbocycles. The van der Waals surface area contributed by atoms with Gasteiger partial charge >= 0.3 is 0 Å². The highest BCUT2D eigenvalue weighted by Gasteiger charge is 2.35. The van der Waals surface area contributed by atoms with Gasteiger partial charge in [-0.1, -0.05) is 24.3 Å². The lowest BCUT2D eigenvalue weighted by molar-refractivity contribution is -0.121. The Kier molecular flexibility index (Phi) is 6.42. The highest BCUT2D eigenvalue weighted by Crippen LogP contribution is 2.34. The summed E-state index contributed by atoms with van der Waals surface area (Å²) in [6.07, 6.45) is 3.38. The predicted molar refractivity (Wildman–Crippen MR) is 111 cm³/mol. The molecule has 162 valence electrons. The Morgan fingerprint density at radius 3 is 2.68 bits per heavy atom. The number of ether oxygens (including phenoxy) is 1. The van der Waals surface area contributed by atoms with Gasteiger partial charge in [0, 0.05) is 38.0 Å². The van der Waals surface area contributed by atoms with Crippen LogP contribution in [-0.4, -0.2) is 30.6 Å². The van der Waals surface area contributed by atoms with Gasteiger partial charge in [0.25, 0.3) is 0 Å². The number of carbonyl (C=O) groups is 1. The van der Waals surface area contributed by atoms with E-state index in [0.29, 0.717) is 56.2 Å². The van der Waals surface area contributed by atoms with Gasteiger partial charge in [0.1, 0.15) is 11.6 Å². The van der Waals surface area contributed by atoms with E-state index in [9.17, 15) is 13.6 Å². The lowest BCUT2D eigenvalue weighted by Crippen LogP contribution is -2.44. The predicted octanol–water partition coefficient (Wildman–Crippen LogP) is 4.42. The Balaban J connectivity index is 1.36. The number of amides is 1. The first-order valence-corrected chi connectivity index (χ1v) is 10.4. The molecule has 0 radical (unpaired) electrons. The van der Waals surface area contributed by atoms with Crippen LogP contribution in [0.3, 0.4) is 0 Å². The molecule has 3 aromatic rings. The van der Waals surface area contributed by atoms with Crippen LogP contribution in [0.15, 0.2) is 59.1 Å². The minimum absolute atomic E-state index is 0.145. The minimum Gasteiger partial charge on any atom is -0.441 e. The zero-order valence-corrected chi connectivity index (χ0v) is 17.1. The normalized spacial score (nSPS) is 15.5. The van der Waals surface area contributed by atoms with Crippen molar-refractivity contribution in [3.63, 3.8) is 0 Å². The Morgan fingerprint density at radius 2 is 1.90 bits per heavy atom. The van der Waals surface area contributed by atoms with Crippen LogP contribution in [0.4, 0.5) is 8.78 Å². The SMILES string of the molecule is O=C(CCc1ncc(-c2ccccc2F)o1)NCC1(c2cccc(F)c2)CCOCC1. The van der Waals surface area contributed by atoms with E-state index in [4.69, 9.17) is 9.15 Å². The van der Waals surface area contributed by atoms with Crippen LogP contribution in [0.2, 0.25) is 0 Å². The van der Waals surface area contributed by atoms with E-state index in [1.54, 1.807) is 24.3 Å². The number of oxazole rings is 1. The first-order chi connectivity index (χ1) is 15.1. The second-order valence-corrected chi connectivity index (χ2v) is 7.78. The number of rotatable bonds is 7. The summed E-state index contributed by atoms with van der Waals surface area (Å²) in [5.41, 5.74) is 0.859. The lowest BCUT2D eigenvalue weighted by Gasteiger charge is -2.38. The zero-order chi connectivity index (χ0) is 21.7. The van der Waals surface area contributed by atoms with Gasteiger partial charge in [-0.05, 0) is 42.7 Å². The molecule has 1 fully saturated rings. The standard InChI is InChI=1S/C24H24F2N2O3/c25-18-5-3-4-17(14-18)24(10-12-30-13-11-24)16-28-22(29)8-9-23-27-15-21(31-23)19-6-1-2-7-20(19)26/h1-7,14-15H,8-13,16H2,(H,28,29). The van der Waals surface area contributed by atoms with Crippen molar-refractivity contribution < 1.29 is 22.7 Å². The molecule has 0 unspecified atom stereocenters. The van der Waals surface area contributed by atoms with Gasteiger partial charge in [-0.15, -0.1) is 0 Å². The number of carbonyl (C=O) groups excluding carboxylic acids is 1. The molecule has 5 nitrogen and oxygen atoms in total. The summed E-state index contributed by atoms with van der Waals surface area (Å²) in [6, 6.07) is 12.8. The van der Waals surface area contributed by atoms with Crippen molar-refractivity contribution in [3.05, 3.63) is 77.8 Å². The van der Waals surface area contributed by atoms with Crippen molar-refractivity contribution in [2.75, 3.05) is 19.8 Å². The van der Waals surface area contributed by atoms with Crippen LogP contribution in [0.25, 0.3) is 11.3 Å². The molecule has 7 heteroatoms. The van der Waals surface area contributed by atoms with Crippen LogP contribution < -0.4 is 5.32 Å². The van der Waals surface area contributed by atoms with Crippen molar-refractivity contribution in [2.24, 2.45) is 0 Å². The number of nitrogens with zero attached hydrogens (tertiary/aromatic N) is 1. The smallest absolute Gasteiger partial charge is 0.220 e. The summed E-state index contributed by atoms with van der Waals surface area (Å²) in [5.74, 6) is -0.112. The molecule has 2 heterocycles. The third-order valence-corrected chi connectivity index (χ3v) is 5.77. The number of nitrogens with one attached hydrogen (secondary N) is 1. The first-order valence-electron chi connectivity index (χ1n) is 10.4. The van der Waals surface area contributed by atoms with Gasteiger partial charge in [0.2, 0.25) is 5.91 Å². The first kappa shape index (κ1) is 21.2. The maximum atomic E-state index is 13.9. The number of hydrogen-bond acceptors (Lipinski definition) is 4. The number of benzene rings is 2. The summed E-state index contributed by atoms with van der Waals surface area (Å²) in [5, 5.41) is 2.98. The third kappa shape index (κ3) is 4.99. The Labute approximate surface area is 179 Å². The summed E-state index contributed by atoms with van der Waals surface area (Å²) >= 11 is 0. The second-order valence-electron chi connectivity index (χ2n) is 7.78. The number of halogens is 2. The maximum Gasteiger partial charge on any atom is 0.220 e. The highest BCUT2D eigenvalue weighted by molar-refractivity contribution is 5.76. The number of aromatic nitrogens is 1. The molecule has 0 aliphatic carbocycles. The zero-order valence-electron chi connectivity index (χ0n) is 17.1. The molecule has 31 heavy (non-hydrogen) atoms. The van der Waals surface area contributed by atoms with E-state index in [-0.39, 0.29) is 29.4 Å². The van der Waals surface area contributed by atoms with Gasteiger partial charge in [-0.2, -0.15) is 0 Å². The second kappa shape index (κ2) is 9.39. The molecule has 1 aliphatic heterocycles. The average molecular weight is 426 g/mol. The van der Waals surface area contributed by atoms with Crippen molar-refractivity contribution in [3.8, 4) is 11.3 Å². The van der Waals surface area contributed by atoms with E-state index >= 15 is 0 Å². The number of hydrogen-bond donors (Lipinski definition) is 1. The van der Waals surface area contributed by atoms with Crippen LogP contribution in [-0.2, 0) is 21.4 Å².